The summed E-state index contributed by atoms with van der Waals surface area (Å²) in [6, 6.07) is 12.9. The lowest BCUT2D eigenvalue weighted by molar-refractivity contribution is 0.622. The highest BCUT2D eigenvalue weighted by Gasteiger charge is 2.50. The summed E-state index contributed by atoms with van der Waals surface area (Å²) in [5, 5.41) is 0. The van der Waals surface area contributed by atoms with Crippen LogP contribution in [0.4, 0.5) is 0 Å². The van der Waals surface area contributed by atoms with Crippen LogP contribution >= 0.6 is 11.3 Å². The number of benzene rings is 2. The monoisotopic (exact) mass is 599 g/mol. The molecule has 7 heterocycles. The summed E-state index contributed by atoms with van der Waals surface area (Å²) in [5.74, 6) is 8.74. The van der Waals surface area contributed by atoms with E-state index in [0.29, 0.717) is 0 Å². The second-order valence-corrected chi connectivity index (χ2v) is 13.5. The molecule has 2 aromatic heterocycles. The van der Waals surface area contributed by atoms with E-state index in [1.54, 1.807) is 11.3 Å². The Morgan fingerprint density at radius 1 is 0.711 bits per heavy atom. The van der Waals surface area contributed by atoms with Crippen molar-refractivity contribution in [3.63, 3.8) is 0 Å². The summed E-state index contributed by atoms with van der Waals surface area (Å²) in [6.07, 6.45) is 28.2. The fourth-order valence-electron chi connectivity index (χ4n) is 8.10. The fourth-order valence-corrected chi connectivity index (χ4v) is 9.31. The molecule has 1 saturated carbocycles. The molecule has 2 fully saturated rings. The first-order valence-corrected chi connectivity index (χ1v) is 16.9. The molecule has 11 heteroatoms. The zero-order valence-corrected chi connectivity index (χ0v) is 25.7. The van der Waals surface area contributed by atoms with Crippen molar-refractivity contribution in [3.05, 3.63) is 139 Å². The molecule has 4 aromatic rings. The van der Waals surface area contributed by atoms with E-state index >= 15 is 0 Å². The predicted molar refractivity (Wildman–Crippen MR) is 192 cm³/mol. The molecule has 0 radical (unpaired) electrons. The highest BCUT2D eigenvalue weighted by atomic mass is 32.1. The third-order valence-electron chi connectivity index (χ3n) is 10.1. The van der Waals surface area contributed by atoms with Crippen LogP contribution in [-0.4, -0.2) is 56.2 Å². The molecular formula is C34H30B4N6S. The minimum Gasteiger partial charge on any atom is -0.423 e. The van der Waals surface area contributed by atoms with Crippen molar-refractivity contribution in [2.24, 2.45) is 0 Å². The Bertz CT molecular complexity index is 2140. The first-order chi connectivity index (χ1) is 22.7. The van der Waals surface area contributed by atoms with E-state index in [1.807, 2.05) is 0 Å². The molecule has 2 aromatic carbocycles. The molecule has 1 saturated heterocycles. The summed E-state index contributed by atoms with van der Waals surface area (Å²) < 4.78 is 23.1. The standard InChI is InChI=1S/C34H30B4N6S/c1-2-12-26(11-1)28-15-16-31-33(45-34-39-29-13-3-4-14-30(29)44(31)34)32(28)27-17-24-43-37-20-6-9-22-41(37)35-18-5-8-21-40(35)36-19-7-10-23-42(36)38(43)25-27/h3-10,13-26H,1-2,11-12H2/i26D. The number of hydrogen-bond acceptors (Lipinski definition) is 6. The number of aromatic nitrogens is 2. The van der Waals surface area contributed by atoms with Gasteiger partial charge >= 0.3 is 27.9 Å². The number of allylic oxidation sites excluding steroid dienone is 8. The van der Waals surface area contributed by atoms with E-state index in [2.05, 4.69) is 151 Å². The maximum atomic E-state index is 9.75. The quantitative estimate of drug-likeness (QED) is 0.236. The topological polar surface area (TPSA) is 30.3 Å². The van der Waals surface area contributed by atoms with Gasteiger partial charge in [0.05, 0.1) is 21.3 Å². The molecule has 0 spiro atoms. The lowest BCUT2D eigenvalue weighted by Gasteiger charge is -2.53. The van der Waals surface area contributed by atoms with Gasteiger partial charge in [-0.1, -0.05) is 84.5 Å². The van der Waals surface area contributed by atoms with Crippen LogP contribution < -0.4 is 0 Å². The highest BCUT2D eigenvalue weighted by molar-refractivity contribution is 7.24. The van der Waals surface area contributed by atoms with E-state index in [-0.39, 0.29) is 27.9 Å². The number of hydrogen-bond donors (Lipinski definition) is 0. The number of para-hydroxylation sites is 2. The molecule has 45 heavy (non-hydrogen) atoms. The smallest absolute Gasteiger partial charge is 0.381 e. The highest BCUT2D eigenvalue weighted by Crippen LogP contribution is 2.45. The van der Waals surface area contributed by atoms with Crippen molar-refractivity contribution in [2.45, 2.75) is 31.6 Å². The third kappa shape index (κ3) is 3.83. The normalized spacial score (nSPS) is 21.5. The first kappa shape index (κ1) is 24.8. The summed E-state index contributed by atoms with van der Waals surface area (Å²) >= 11 is 1.76. The summed E-state index contributed by atoms with van der Waals surface area (Å²) in [7, 11) is 0. The number of imidazole rings is 1. The first-order valence-electron chi connectivity index (χ1n) is 16.6. The predicted octanol–water partition coefficient (Wildman–Crippen LogP) is 6.85. The summed E-state index contributed by atoms with van der Waals surface area (Å²) in [6.45, 7) is 0.116. The molecule has 214 valence electrons. The largest absolute Gasteiger partial charge is 0.423 e. The Morgan fingerprint density at radius 2 is 1.36 bits per heavy atom. The molecule has 1 aliphatic carbocycles. The van der Waals surface area contributed by atoms with Crippen LogP contribution in [0.1, 0.15) is 44.1 Å². The van der Waals surface area contributed by atoms with E-state index in [9.17, 15) is 1.37 Å². The zero-order valence-electron chi connectivity index (χ0n) is 25.9. The molecule has 0 N–H and O–H groups in total. The molecule has 6 aliphatic rings. The van der Waals surface area contributed by atoms with Crippen LogP contribution in [0.15, 0.2) is 128 Å². The Labute approximate surface area is 270 Å². The third-order valence-corrected chi connectivity index (χ3v) is 11.2. The Kier molecular flexibility index (Phi) is 5.51. The average molecular weight is 599 g/mol. The molecule has 0 unspecified atom stereocenters. The van der Waals surface area contributed by atoms with Crippen LogP contribution in [-0.2, 0) is 0 Å². The Balaban J connectivity index is 1.19. The van der Waals surface area contributed by atoms with Crippen molar-refractivity contribution in [1.29, 1.82) is 0 Å². The maximum absolute atomic E-state index is 9.75. The van der Waals surface area contributed by atoms with Gasteiger partial charge in [0.2, 0.25) is 0 Å². The molecule has 6 nitrogen and oxygen atoms in total. The van der Waals surface area contributed by atoms with Gasteiger partial charge in [0, 0.05) is 6.93 Å². The van der Waals surface area contributed by atoms with E-state index in [4.69, 9.17) is 4.98 Å². The molecule has 0 bridgehead atoms. The van der Waals surface area contributed by atoms with E-state index in [0.717, 1.165) is 47.2 Å². The van der Waals surface area contributed by atoms with Crippen molar-refractivity contribution < 1.29 is 1.37 Å². The number of thiazole rings is 1. The van der Waals surface area contributed by atoms with Gasteiger partial charge in [-0.05, 0) is 97.2 Å². The number of nitrogens with zero attached hydrogens (tertiary/aromatic N) is 6. The maximum Gasteiger partial charge on any atom is 0.381 e. The minimum atomic E-state index is -0.591. The van der Waals surface area contributed by atoms with Gasteiger partial charge in [-0.2, -0.15) is 0 Å². The van der Waals surface area contributed by atoms with Gasteiger partial charge < -0.3 is 18.9 Å². The van der Waals surface area contributed by atoms with Gasteiger partial charge in [-0.25, -0.2) is 4.98 Å². The Hall–Kier alpha value is -4.49. The van der Waals surface area contributed by atoms with Gasteiger partial charge in [-0.3, -0.25) is 4.40 Å². The molecule has 0 amide bonds. The van der Waals surface area contributed by atoms with E-state index < -0.39 is 5.89 Å². The van der Waals surface area contributed by atoms with Crippen LogP contribution in [0.25, 0.3) is 31.8 Å². The van der Waals surface area contributed by atoms with Crippen molar-refractivity contribution in [3.8, 4) is 0 Å². The van der Waals surface area contributed by atoms with Crippen molar-refractivity contribution in [1.82, 2.24) is 28.3 Å². The van der Waals surface area contributed by atoms with Crippen LogP contribution in [0, 0.1) is 0 Å². The van der Waals surface area contributed by atoms with Gasteiger partial charge in [0.25, 0.3) is 0 Å². The van der Waals surface area contributed by atoms with E-state index in [1.165, 1.54) is 21.4 Å². The lowest BCUT2D eigenvalue weighted by Crippen LogP contribution is -2.73. The SMILES string of the molecule is [2H]C1(c2ccc3c(sc4nc5ccccc5n43)c2C2=CB3N4C=CC=CB4N4C=CC=CB4N4C=CC=CB4N3C=C2)CCCC1. The number of rotatable bonds is 2. The van der Waals surface area contributed by atoms with Crippen LogP contribution in [0.5, 0.6) is 0 Å². The van der Waals surface area contributed by atoms with Gasteiger partial charge in [0.1, 0.15) is 0 Å². The zero-order chi connectivity index (χ0) is 30.4. The molecular weight excluding hydrogens is 568 g/mol. The van der Waals surface area contributed by atoms with Crippen LogP contribution in [0.3, 0.4) is 0 Å². The summed E-state index contributed by atoms with van der Waals surface area (Å²) in [5.41, 5.74) is 6.86. The van der Waals surface area contributed by atoms with Crippen molar-refractivity contribution >= 4 is 71.1 Å². The molecule has 10 rings (SSSR count). The average Bonchev–Trinajstić information content (AvgIpc) is 3.81. The van der Waals surface area contributed by atoms with Crippen molar-refractivity contribution in [2.75, 3.05) is 0 Å². The second kappa shape index (κ2) is 10.0. The van der Waals surface area contributed by atoms with Gasteiger partial charge in [0.15, 0.2) is 4.96 Å². The lowest BCUT2D eigenvalue weighted by atomic mass is 9.41. The fraction of sp³-hybridized carbons (Fsp3) is 0.147. The summed E-state index contributed by atoms with van der Waals surface area (Å²) in [4.78, 5) is 6.04. The molecule has 5 aliphatic heterocycles. The molecule has 0 atom stereocenters. The van der Waals surface area contributed by atoms with Crippen LogP contribution in [0.2, 0.25) is 0 Å². The second-order valence-electron chi connectivity index (χ2n) is 12.5. The number of fused-ring (bicyclic) bond motifs is 13. The Morgan fingerprint density at radius 3 is 2.07 bits per heavy atom. The minimum absolute atomic E-state index is 0.0389. The van der Waals surface area contributed by atoms with Gasteiger partial charge in [-0.15, -0.1) is 0 Å².